The maximum Gasteiger partial charge on any atom is 0.0630 e. The van der Waals surface area contributed by atoms with E-state index < -0.39 is 0 Å². The van der Waals surface area contributed by atoms with Gasteiger partial charge in [-0.25, -0.2) is 0 Å². The number of fused-ring (bicyclic) bond motifs is 15. The maximum absolute atomic E-state index is 2.56. The van der Waals surface area contributed by atoms with Crippen LogP contribution in [0, 0.1) is 0 Å². The fourth-order valence-electron chi connectivity index (χ4n) is 10.9. The van der Waals surface area contributed by atoms with E-state index >= 15 is 0 Å². The van der Waals surface area contributed by atoms with Gasteiger partial charge in [0.1, 0.15) is 0 Å². The third-order valence-electron chi connectivity index (χ3n) is 13.2. The van der Waals surface area contributed by atoms with Crippen LogP contribution in [0.2, 0.25) is 0 Å². The van der Waals surface area contributed by atoms with E-state index in [-0.39, 0.29) is 5.41 Å². The van der Waals surface area contributed by atoms with Gasteiger partial charge in [-0.15, -0.1) is 0 Å². The van der Waals surface area contributed by atoms with Crippen LogP contribution in [-0.2, 0) is 5.41 Å². The molecule has 2 heteroatoms. The number of hydrogen-bond acceptors (Lipinski definition) is 0. The fraction of sp³-hybridized carbons (Fsp3) is 0.0545. The average molecular weight is 725 g/mol. The molecule has 0 bridgehead atoms. The molecular weight excluding hydrogens is 689 g/mol. The van der Waals surface area contributed by atoms with Gasteiger partial charge in [-0.05, 0) is 97.2 Å². The second-order valence-electron chi connectivity index (χ2n) is 16.4. The van der Waals surface area contributed by atoms with Crippen LogP contribution in [0.15, 0.2) is 182 Å². The lowest BCUT2D eigenvalue weighted by atomic mass is 9.81. The molecule has 2 heterocycles. The zero-order valence-corrected chi connectivity index (χ0v) is 31.7. The molecule has 11 aromatic rings. The van der Waals surface area contributed by atoms with Gasteiger partial charge in [0.2, 0.25) is 0 Å². The van der Waals surface area contributed by atoms with Gasteiger partial charge < -0.3 is 9.13 Å². The fourth-order valence-corrected chi connectivity index (χ4v) is 10.9. The van der Waals surface area contributed by atoms with E-state index in [2.05, 4.69) is 205 Å². The van der Waals surface area contributed by atoms with Crippen molar-refractivity contribution in [1.82, 2.24) is 9.13 Å². The van der Waals surface area contributed by atoms with E-state index in [1.807, 2.05) is 0 Å². The Morgan fingerprint density at radius 1 is 0.351 bits per heavy atom. The molecule has 2 nitrogen and oxygen atoms in total. The molecule has 0 aliphatic heterocycles. The first kappa shape index (κ1) is 31.1. The standard InChI is InChI=1S/C55H36N2/c1-55(2)45-24-11-8-19-42(45)51-52(55)54-50(44-21-10-13-26-47(44)57(54)34-15-4-3-5-16-34)49-43-20-9-12-25-46(43)56(53(49)51)35-29-27-33(28-30-35)36-31-32-41-38-18-7-6-17-37(38)40-23-14-22-39(36)48(40)41/h3-32H,1-2H3. The molecule has 0 unspecified atom stereocenters. The van der Waals surface area contributed by atoms with Gasteiger partial charge in [-0.1, -0.05) is 159 Å². The second kappa shape index (κ2) is 11.0. The van der Waals surface area contributed by atoms with Crippen molar-refractivity contribution in [3.63, 3.8) is 0 Å². The maximum atomic E-state index is 2.56. The van der Waals surface area contributed by atoms with Crippen molar-refractivity contribution in [3.8, 4) is 55.9 Å². The molecule has 9 aromatic carbocycles. The molecule has 266 valence electrons. The quantitative estimate of drug-likeness (QED) is 0.172. The molecule has 2 aliphatic carbocycles. The van der Waals surface area contributed by atoms with Gasteiger partial charge in [-0.3, -0.25) is 0 Å². The first-order chi connectivity index (χ1) is 28.1. The van der Waals surface area contributed by atoms with Gasteiger partial charge >= 0.3 is 0 Å². The summed E-state index contributed by atoms with van der Waals surface area (Å²) in [5.41, 5.74) is 20.4. The van der Waals surface area contributed by atoms with Crippen LogP contribution in [0.25, 0.3) is 110 Å². The summed E-state index contributed by atoms with van der Waals surface area (Å²) in [7, 11) is 0. The molecular formula is C55H36N2. The zero-order chi connectivity index (χ0) is 37.6. The number of para-hydroxylation sites is 3. The number of benzene rings is 9. The monoisotopic (exact) mass is 724 g/mol. The van der Waals surface area contributed by atoms with Gasteiger partial charge in [0.15, 0.2) is 0 Å². The third-order valence-corrected chi connectivity index (χ3v) is 13.2. The minimum atomic E-state index is -0.236. The van der Waals surface area contributed by atoms with E-state index in [0.717, 1.165) is 0 Å². The lowest BCUT2D eigenvalue weighted by Crippen LogP contribution is -2.16. The largest absolute Gasteiger partial charge is 0.309 e. The van der Waals surface area contributed by atoms with Crippen LogP contribution < -0.4 is 0 Å². The third kappa shape index (κ3) is 3.90. The Labute approximate surface area is 330 Å². The van der Waals surface area contributed by atoms with Crippen molar-refractivity contribution in [1.29, 1.82) is 0 Å². The summed E-state index contributed by atoms with van der Waals surface area (Å²) in [6.45, 7) is 4.85. The molecule has 0 saturated carbocycles. The van der Waals surface area contributed by atoms with Gasteiger partial charge in [-0.2, -0.15) is 0 Å². The minimum absolute atomic E-state index is 0.236. The summed E-state index contributed by atoms with van der Waals surface area (Å²) in [6.07, 6.45) is 0. The highest BCUT2D eigenvalue weighted by molar-refractivity contribution is 6.33. The number of aromatic nitrogens is 2. The van der Waals surface area contributed by atoms with Crippen LogP contribution in [0.5, 0.6) is 0 Å². The predicted molar refractivity (Wildman–Crippen MR) is 240 cm³/mol. The molecule has 0 amide bonds. The summed E-state index contributed by atoms with van der Waals surface area (Å²) in [5.74, 6) is 0. The van der Waals surface area contributed by atoms with Gasteiger partial charge in [0.05, 0.1) is 22.1 Å². The van der Waals surface area contributed by atoms with Crippen molar-refractivity contribution in [2.45, 2.75) is 19.3 Å². The molecule has 2 aromatic heterocycles. The Hall–Kier alpha value is -7.16. The van der Waals surface area contributed by atoms with Crippen molar-refractivity contribution in [2.24, 2.45) is 0 Å². The van der Waals surface area contributed by atoms with E-state index in [1.165, 1.54) is 121 Å². The van der Waals surface area contributed by atoms with Crippen LogP contribution in [0.1, 0.15) is 25.0 Å². The number of hydrogen-bond donors (Lipinski definition) is 0. The normalized spacial score (nSPS) is 13.6. The summed E-state index contributed by atoms with van der Waals surface area (Å²) in [4.78, 5) is 0. The highest BCUT2D eigenvalue weighted by Crippen LogP contribution is 2.58. The number of rotatable bonds is 3. The molecule has 2 aliphatic rings. The SMILES string of the molecule is CC1(C)c2ccccc2-c2c1c1c(c3ccccc3n1-c1ccccc1)c1c3ccccc3n(-c3ccc(-c4ccc5c6c(cccc46)-c4ccccc4-5)cc3)c21. The van der Waals surface area contributed by atoms with Crippen LogP contribution in [-0.4, -0.2) is 9.13 Å². The molecule has 0 atom stereocenters. The molecule has 0 radical (unpaired) electrons. The molecule has 0 saturated heterocycles. The summed E-state index contributed by atoms with van der Waals surface area (Å²) >= 11 is 0. The smallest absolute Gasteiger partial charge is 0.0630 e. The minimum Gasteiger partial charge on any atom is -0.309 e. The van der Waals surface area contributed by atoms with Gasteiger partial charge in [0, 0.05) is 43.9 Å². The Morgan fingerprint density at radius 2 is 0.860 bits per heavy atom. The predicted octanol–water partition coefficient (Wildman–Crippen LogP) is 14.7. The van der Waals surface area contributed by atoms with Crippen LogP contribution in [0.3, 0.4) is 0 Å². The molecule has 57 heavy (non-hydrogen) atoms. The first-order valence-electron chi connectivity index (χ1n) is 20.0. The zero-order valence-electron chi connectivity index (χ0n) is 31.7. The number of nitrogens with zero attached hydrogens (tertiary/aromatic N) is 2. The summed E-state index contributed by atoms with van der Waals surface area (Å²) in [5, 5.41) is 7.86. The molecule has 0 N–H and O–H groups in total. The molecule has 13 rings (SSSR count). The van der Waals surface area contributed by atoms with Crippen molar-refractivity contribution in [3.05, 3.63) is 193 Å². The summed E-state index contributed by atoms with van der Waals surface area (Å²) < 4.78 is 5.09. The Morgan fingerprint density at radius 3 is 1.58 bits per heavy atom. The van der Waals surface area contributed by atoms with Crippen molar-refractivity contribution >= 4 is 54.4 Å². The van der Waals surface area contributed by atoms with E-state index in [1.54, 1.807) is 0 Å². The highest BCUT2D eigenvalue weighted by Gasteiger charge is 2.41. The second-order valence-corrected chi connectivity index (χ2v) is 16.4. The Balaban J connectivity index is 1.13. The first-order valence-corrected chi connectivity index (χ1v) is 20.0. The van der Waals surface area contributed by atoms with Crippen molar-refractivity contribution in [2.75, 3.05) is 0 Å². The van der Waals surface area contributed by atoms with E-state index in [9.17, 15) is 0 Å². The Kier molecular flexibility index (Phi) is 6.00. The van der Waals surface area contributed by atoms with Crippen LogP contribution in [0.4, 0.5) is 0 Å². The average Bonchev–Trinajstić information content (AvgIpc) is 3.96. The van der Waals surface area contributed by atoms with E-state index in [0.29, 0.717) is 0 Å². The highest BCUT2D eigenvalue weighted by atomic mass is 15.0. The van der Waals surface area contributed by atoms with Crippen LogP contribution >= 0.6 is 0 Å². The van der Waals surface area contributed by atoms with E-state index in [4.69, 9.17) is 0 Å². The lowest BCUT2D eigenvalue weighted by molar-refractivity contribution is 0.664. The molecule has 0 spiro atoms. The van der Waals surface area contributed by atoms with Crippen molar-refractivity contribution < 1.29 is 0 Å². The Bertz CT molecular complexity index is 3490. The van der Waals surface area contributed by atoms with Gasteiger partial charge in [0.25, 0.3) is 0 Å². The molecule has 0 fully saturated rings. The lowest BCUT2D eigenvalue weighted by Gasteiger charge is -2.24. The summed E-state index contributed by atoms with van der Waals surface area (Å²) in [6, 6.07) is 67.7. The topological polar surface area (TPSA) is 9.86 Å².